The standard InChI is InChI=1S/C24H26O6/c1-3-8-23(26)29-20-14-12-18(16-21(20)30-24(27)9-4-2)13-15-22(25)28-17-19-10-6-5-7-11-19/h5-7,10-16H,3-4,8-9,17H2,1-2H3/b15-13+. The third-order valence-corrected chi connectivity index (χ3v) is 3.96. The number of carbonyl (C=O) groups is 3. The maximum Gasteiger partial charge on any atom is 0.331 e. The highest BCUT2D eigenvalue weighted by atomic mass is 16.6. The van der Waals surface area contributed by atoms with E-state index in [1.165, 1.54) is 12.1 Å². The molecule has 30 heavy (non-hydrogen) atoms. The quantitative estimate of drug-likeness (QED) is 0.316. The monoisotopic (exact) mass is 410 g/mol. The lowest BCUT2D eigenvalue weighted by Gasteiger charge is -2.11. The van der Waals surface area contributed by atoms with Gasteiger partial charge in [0.1, 0.15) is 6.61 Å². The van der Waals surface area contributed by atoms with Crippen molar-refractivity contribution in [3.05, 3.63) is 65.7 Å². The number of hydrogen-bond acceptors (Lipinski definition) is 6. The molecule has 6 nitrogen and oxygen atoms in total. The van der Waals surface area contributed by atoms with Crippen molar-refractivity contribution in [3.63, 3.8) is 0 Å². The summed E-state index contributed by atoms with van der Waals surface area (Å²) in [6.07, 6.45) is 4.62. The molecule has 2 aromatic rings. The molecule has 0 saturated heterocycles. The number of carbonyl (C=O) groups excluding carboxylic acids is 3. The van der Waals surface area contributed by atoms with E-state index in [1.54, 1.807) is 18.2 Å². The first-order valence-electron chi connectivity index (χ1n) is 9.96. The molecule has 0 amide bonds. The van der Waals surface area contributed by atoms with Crippen LogP contribution >= 0.6 is 0 Å². The Bertz CT molecular complexity index is 886. The Morgan fingerprint density at radius 3 is 2.10 bits per heavy atom. The highest BCUT2D eigenvalue weighted by Gasteiger charge is 2.14. The van der Waals surface area contributed by atoms with Crippen LogP contribution in [0.1, 0.15) is 50.7 Å². The first-order chi connectivity index (χ1) is 14.5. The number of ether oxygens (including phenoxy) is 3. The van der Waals surface area contributed by atoms with Crippen molar-refractivity contribution in [3.8, 4) is 11.5 Å². The second-order valence-corrected chi connectivity index (χ2v) is 6.58. The first kappa shape index (κ1) is 22.9. The minimum atomic E-state index is -0.498. The van der Waals surface area contributed by atoms with Crippen molar-refractivity contribution in [2.75, 3.05) is 0 Å². The summed E-state index contributed by atoms with van der Waals surface area (Å²) < 4.78 is 15.9. The summed E-state index contributed by atoms with van der Waals surface area (Å²) in [6, 6.07) is 14.1. The third-order valence-electron chi connectivity index (χ3n) is 3.96. The molecule has 0 aliphatic heterocycles. The second kappa shape index (κ2) is 12.2. The van der Waals surface area contributed by atoms with E-state index in [9.17, 15) is 14.4 Å². The van der Waals surface area contributed by atoms with Crippen LogP contribution in [-0.4, -0.2) is 17.9 Å². The Morgan fingerprint density at radius 1 is 0.833 bits per heavy atom. The van der Waals surface area contributed by atoms with Crippen molar-refractivity contribution in [1.29, 1.82) is 0 Å². The van der Waals surface area contributed by atoms with E-state index >= 15 is 0 Å². The summed E-state index contributed by atoms with van der Waals surface area (Å²) in [4.78, 5) is 35.7. The van der Waals surface area contributed by atoms with E-state index in [0.717, 1.165) is 5.56 Å². The number of rotatable bonds is 10. The normalized spacial score (nSPS) is 10.6. The van der Waals surface area contributed by atoms with Crippen molar-refractivity contribution in [2.45, 2.75) is 46.1 Å². The van der Waals surface area contributed by atoms with Crippen molar-refractivity contribution in [1.82, 2.24) is 0 Å². The van der Waals surface area contributed by atoms with E-state index in [4.69, 9.17) is 14.2 Å². The maximum absolute atomic E-state index is 12.0. The summed E-state index contributed by atoms with van der Waals surface area (Å²) >= 11 is 0. The molecular weight excluding hydrogens is 384 g/mol. The molecule has 0 spiro atoms. The van der Waals surface area contributed by atoms with Crippen molar-refractivity contribution in [2.24, 2.45) is 0 Å². The van der Waals surface area contributed by atoms with Gasteiger partial charge in [0, 0.05) is 18.9 Å². The first-order valence-corrected chi connectivity index (χ1v) is 9.96. The lowest BCUT2D eigenvalue weighted by atomic mass is 10.2. The molecule has 2 aromatic carbocycles. The van der Waals surface area contributed by atoms with Crippen LogP contribution in [0.15, 0.2) is 54.6 Å². The van der Waals surface area contributed by atoms with Crippen molar-refractivity contribution >= 4 is 24.0 Å². The highest BCUT2D eigenvalue weighted by Crippen LogP contribution is 2.30. The van der Waals surface area contributed by atoms with Crippen LogP contribution in [0.4, 0.5) is 0 Å². The molecule has 0 unspecified atom stereocenters. The van der Waals surface area contributed by atoms with Gasteiger partial charge in [0.2, 0.25) is 0 Å². The number of hydrogen-bond donors (Lipinski definition) is 0. The Labute approximate surface area is 176 Å². The molecule has 2 rings (SSSR count). The van der Waals surface area contributed by atoms with Crippen LogP contribution in [0.3, 0.4) is 0 Å². The molecule has 158 valence electrons. The largest absolute Gasteiger partial charge is 0.458 e. The zero-order chi connectivity index (χ0) is 21.8. The van der Waals surface area contributed by atoms with Gasteiger partial charge in [0.05, 0.1) is 0 Å². The Kier molecular flexibility index (Phi) is 9.31. The Balaban J connectivity index is 2.08. The lowest BCUT2D eigenvalue weighted by Crippen LogP contribution is -2.11. The summed E-state index contributed by atoms with van der Waals surface area (Å²) in [5.41, 5.74) is 1.49. The Morgan fingerprint density at radius 2 is 1.47 bits per heavy atom. The molecule has 0 atom stereocenters. The van der Waals surface area contributed by atoms with Gasteiger partial charge in [0.25, 0.3) is 0 Å². The predicted molar refractivity (Wildman–Crippen MR) is 113 cm³/mol. The molecule has 0 heterocycles. The van der Waals surface area contributed by atoms with E-state index in [0.29, 0.717) is 18.4 Å². The van der Waals surface area contributed by atoms with Gasteiger partial charge in [-0.1, -0.05) is 50.2 Å². The van der Waals surface area contributed by atoms with Gasteiger partial charge < -0.3 is 14.2 Å². The second-order valence-electron chi connectivity index (χ2n) is 6.58. The van der Waals surface area contributed by atoms with Crippen LogP contribution in [0.5, 0.6) is 11.5 Å². The number of esters is 3. The minimum Gasteiger partial charge on any atom is -0.458 e. The van der Waals surface area contributed by atoms with E-state index in [2.05, 4.69) is 0 Å². The summed E-state index contributed by atoms with van der Waals surface area (Å²) in [7, 11) is 0. The smallest absolute Gasteiger partial charge is 0.331 e. The molecule has 0 radical (unpaired) electrons. The summed E-state index contributed by atoms with van der Waals surface area (Å²) in [5, 5.41) is 0. The lowest BCUT2D eigenvalue weighted by molar-refractivity contribution is -0.139. The zero-order valence-corrected chi connectivity index (χ0v) is 17.3. The van der Waals surface area contributed by atoms with E-state index in [1.807, 2.05) is 44.2 Å². The highest BCUT2D eigenvalue weighted by molar-refractivity contribution is 5.87. The fourth-order valence-electron chi connectivity index (χ4n) is 2.49. The van der Waals surface area contributed by atoms with Gasteiger partial charge >= 0.3 is 17.9 Å². The van der Waals surface area contributed by atoms with Crippen LogP contribution in [0, 0.1) is 0 Å². The molecule has 0 N–H and O–H groups in total. The molecule has 0 aromatic heterocycles. The van der Waals surface area contributed by atoms with E-state index < -0.39 is 17.9 Å². The average Bonchev–Trinajstić information content (AvgIpc) is 2.73. The summed E-state index contributed by atoms with van der Waals surface area (Å²) in [6.45, 7) is 3.91. The van der Waals surface area contributed by atoms with Gasteiger partial charge in [-0.15, -0.1) is 0 Å². The van der Waals surface area contributed by atoms with Gasteiger partial charge in [-0.25, -0.2) is 4.79 Å². The van der Waals surface area contributed by atoms with Crippen LogP contribution in [0.25, 0.3) is 6.08 Å². The van der Waals surface area contributed by atoms with Gasteiger partial charge in [-0.2, -0.15) is 0 Å². The molecule has 0 aliphatic carbocycles. The average molecular weight is 410 g/mol. The predicted octanol–water partition coefficient (Wildman–Crippen LogP) is 4.85. The van der Waals surface area contributed by atoms with Gasteiger partial charge in [0.15, 0.2) is 11.5 Å². The van der Waals surface area contributed by atoms with E-state index in [-0.39, 0.29) is 30.9 Å². The molecular formula is C24H26O6. The van der Waals surface area contributed by atoms with Crippen LogP contribution in [0.2, 0.25) is 0 Å². The molecule has 0 bridgehead atoms. The fourth-order valence-corrected chi connectivity index (χ4v) is 2.49. The van der Waals surface area contributed by atoms with Gasteiger partial charge in [-0.3, -0.25) is 9.59 Å². The van der Waals surface area contributed by atoms with Crippen molar-refractivity contribution < 1.29 is 28.6 Å². The van der Waals surface area contributed by atoms with Crippen LogP contribution in [-0.2, 0) is 25.7 Å². The molecule has 6 heteroatoms. The van der Waals surface area contributed by atoms with Gasteiger partial charge in [-0.05, 0) is 42.2 Å². The maximum atomic E-state index is 12.0. The fraction of sp³-hybridized carbons (Fsp3) is 0.292. The zero-order valence-electron chi connectivity index (χ0n) is 17.3. The number of benzene rings is 2. The topological polar surface area (TPSA) is 78.9 Å². The molecule has 0 fully saturated rings. The molecule has 0 saturated carbocycles. The minimum absolute atomic E-state index is 0.137. The third kappa shape index (κ3) is 7.91. The molecule has 0 aliphatic rings. The van der Waals surface area contributed by atoms with Crippen LogP contribution < -0.4 is 9.47 Å². The Hall–Kier alpha value is -3.41. The SMILES string of the molecule is CCCC(=O)Oc1ccc(/C=C/C(=O)OCc2ccccc2)cc1OC(=O)CCC. The summed E-state index contributed by atoms with van der Waals surface area (Å²) in [5.74, 6) is -1.02.